The molecule has 1 fully saturated rings. The maximum Gasteiger partial charge on any atom is 0.166 e. The Labute approximate surface area is 129 Å². The fraction of sp³-hybridized carbons (Fsp3) is 0.150. The van der Waals surface area contributed by atoms with Gasteiger partial charge in [0.15, 0.2) is 5.78 Å². The number of carbonyl (C=O) groups excluding carboxylic acids is 1. The number of carbonyl (C=O) groups is 1. The molecule has 2 nitrogen and oxygen atoms in total. The van der Waals surface area contributed by atoms with Gasteiger partial charge in [-0.15, -0.1) is 0 Å². The molecule has 0 amide bonds. The lowest BCUT2D eigenvalue weighted by Gasteiger charge is -1.99. The molecule has 108 valence electrons. The Hall–Kier alpha value is -2.61. The first kappa shape index (κ1) is 13.1. The smallest absolute Gasteiger partial charge is 0.166 e. The average molecular weight is 288 g/mol. The second-order valence-electron chi connectivity index (χ2n) is 5.75. The molecule has 0 radical (unpaired) electrons. The number of hydrogen-bond donors (Lipinski definition) is 0. The molecule has 0 spiro atoms. The maximum atomic E-state index is 12.4. The molecule has 0 aliphatic heterocycles. The first-order valence-electron chi connectivity index (χ1n) is 7.57. The van der Waals surface area contributed by atoms with Gasteiger partial charge in [-0.2, -0.15) is 0 Å². The van der Waals surface area contributed by atoms with Crippen LogP contribution in [0.25, 0.3) is 11.3 Å². The van der Waals surface area contributed by atoms with Crippen LogP contribution < -0.4 is 0 Å². The number of hydrogen-bond acceptors (Lipinski definition) is 2. The lowest BCUT2D eigenvalue weighted by molar-refractivity contribution is 0.0964. The quantitative estimate of drug-likeness (QED) is 0.637. The van der Waals surface area contributed by atoms with Gasteiger partial charge in [0, 0.05) is 23.0 Å². The van der Waals surface area contributed by atoms with Crippen molar-refractivity contribution in [1.82, 2.24) is 0 Å². The van der Waals surface area contributed by atoms with Crippen molar-refractivity contribution < 1.29 is 9.21 Å². The van der Waals surface area contributed by atoms with Gasteiger partial charge in [-0.25, -0.2) is 0 Å². The predicted octanol–water partition coefficient (Wildman–Crippen LogP) is 4.93. The molecule has 22 heavy (non-hydrogen) atoms. The van der Waals surface area contributed by atoms with Crippen molar-refractivity contribution in [3.05, 3.63) is 84.1 Å². The highest BCUT2D eigenvalue weighted by atomic mass is 16.3. The number of ketones is 1. The normalized spacial score (nSPS) is 19.8. The van der Waals surface area contributed by atoms with Crippen LogP contribution in [0.4, 0.5) is 0 Å². The summed E-state index contributed by atoms with van der Waals surface area (Å²) in [4.78, 5) is 12.4. The molecule has 1 aliphatic carbocycles. The zero-order chi connectivity index (χ0) is 14.9. The van der Waals surface area contributed by atoms with Crippen LogP contribution in [0.1, 0.15) is 28.5 Å². The molecular formula is C20H16O2. The molecule has 2 unspecified atom stereocenters. The minimum Gasteiger partial charge on any atom is -0.461 e. The zero-order valence-electron chi connectivity index (χ0n) is 12.1. The van der Waals surface area contributed by atoms with Gasteiger partial charge in [0.25, 0.3) is 0 Å². The van der Waals surface area contributed by atoms with E-state index < -0.39 is 0 Å². The molecule has 3 aromatic rings. The predicted molar refractivity (Wildman–Crippen MR) is 85.8 cm³/mol. The average Bonchev–Trinajstić information content (AvgIpc) is 3.24. The summed E-state index contributed by atoms with van der Waals surface area (Å²) in [6.45, 7) is 0. The summed E-state index contributed by atoms with van der Waals surface area (Å²) < 4.78 is 5.96. The molecule has 1 heterocycles. The third kappa shape index (κ3) is 2.37. The highest BCUT2D eigenvalue weighted by Crippen LogP contribution is 2.50. The summed E-state index contributed by atoms with van der Waals surface area (Å²) in [7, 11) is 0. The Balaban J connectivity index is 1.51. The number of benzene rings is 2. The molecular weight excluding hydrogens is 272 g/mol. The third-order valence-corrected chi connectivity index (χ3v) is 4.24. The molecule has 2 atom stereocenters. The van der Waals surface area contributed by atoms with Gasteiger partial charge >= 0.3 is 0 Å². The summed E-state index contributed by atoms with van der Waals surface area (Å²) in [5, 5.41) is 0. The van der Waals surface area contributed by atoms with Crippen LogP contribution in [0.2, 0.25) is 0 Å². The molecule has 1 aliphatic rings. The van der Waals surface area contributed by atoms with E-state index in [1.807, 2.05) is 72.8 Å². The topological polar surface area (TPSA) is 30.2 Å². The van der Waals surface area contributed by atoms with Gasteiger partial charge in [0.2, 0.25) is 0 Å². The summed E-state index contributed by atoms with van der Waals surface area (Å²) >= 11 is 0. The maximum absolute atomic E-state index is 12.4. The van der Waals surface area contributed by atoms with E-state index in [9.17, 15) is 4.79 Å². The first-order valence-corrected chi connectivity index (χ1v) is 7.57. The number of rotatable bonds is 4. The second-order valence-corrected chi connectivity index (χ2v) is 5.75. The van der Waals surface area contributed by atoms with E-state index in [4.69, 9.17) is 4.42 Å². The fourth-order valence-electron chi connectivity index (χ4n) is 2.93. The summed E-state index contributed by atoms with van der Waals surface area (Å²) in [6.07, 6.45) is 0.884. The van der Waals surface area contributed by atoms with Crippen LogP contribution in [-0.2, 0) is 0 Å². The van der Waals surface area contributed by atoms with E-state index in [2.05, 4.69) is 0 Å². The van der Waals surface area contributed by atoms with E-state index in [0.29, 0.717) is 0 Å². The lowest BCUT2D eigenvalue weighted by Crippen LogP contribution is -2.02. The SMILES string of the molecule is O=C(c1ccccc1)C1CC1c1ccc(-c2ccccc2)o1. The minimum absolute atomic E-state index is 0.0668. The van der Waals surface area contributed by atoms with Crippen molar-refractivity contribution in [2.45, 2.75) is 12.3 Å². The lowest BCUT2D eigenvalue weighted by atomic mass is 10.1. The molecule has 4 rings (SSSR count). The Kier molecular flexibility index (Phi) is 3.15. The summed E-state index contributed by atoms with van der Waals surface area (Å²) in [5.41, 5.74) is 1.87. The van der Waals surface area contributed by atoms with E-state index in [0.717, 1.165) is 29.1 Å². The second kappa shape index (κ2) is 5.30. The van der Waals surface area contributed by atoms with Crippen LogP contribution >= 0.6 is 0 Å². The molecule has 0 bridgehead atoms. The van der Waals surface area contributed by atoms with Gasteiger partial charge in [-0.1, -0.05) is 60.7 Å². The van der Waals surface area contributed by atoms with Gasteiger partial charge in [-0.05, 0) is 18.6 Å². The van der Waals surface area contributed by atoms with Gasteiger partial charge in [-0.3, -0.25) is 4.79 Å². The first-order chi connectivity index (χ1) is 10.8. The van der Waals surface area contributed by atoms with Crippen molar-refractivity contribution in [3.63, 3.8) is 0 Å². The standard InChI is InChI=1S/C20H16O2/c21-20(15-9-5-2-6-10-15)17-13-16(17)19-12-11-18(22-19)14-7-3-1-4-8-14/h1-12,16-17H,13H2. The van der Waals surface area contributed by atoms with E-state index in [-0.39, 0.29) is 17.6 Å². The van der Waals surface area contributed by atoms with Crippen LogP contribution in [0.5, 0.6) is 0 Å². The van der Waals surface area contributed by atoms with Crippen molar-refractivity contribution in [2.75, 3.05) is 0 Å². The Morgan fingerprint density at radius 3 is 2.27 bits per heavy atom. The fourth-order valence-corrected chi connectivity index (χ4v) is 2.93. The van der Waals surface area contributed by atoms with Gasteiger partial charge in [0.05, 0.1) is 0 Å². The van der Waals surface area contributed by atoms with Crippen molar-refractivity contribution in [3.8, 4) is 11.3 Å². The molecule has 2 aromatic carbocycles. The van der Waals surface area contributed by atoms with Gasteiger partial charge in [0.1, 0.15) is 11.5 Å². The van der Waals surface area contributed by atoms with Crippen molar-refractivity contribution >= 4 is 5.78 Å². The van der Waals surface area contributed by atoms with Gasteiger partial charge < -0.3 is 4.42 Å². The molecule has 0 saturated heterocycles. The number of furan rings is 1. The Bertz CT molecular complexity index is 787. The van der Waals surface area contributed by atoms with E-state index in [1.165, 1.54) is 0 Å². The van der Waals surface area contributed by atoms with E-state index in [1.54, 1.807) is 0 Å². The monoisotopic (exact) mass is 288 g/mol. The van der Waals surface area contributed by atoms with E-state index >= 15 is 0 Å². The summed E-state index contributed by atoms with van der Waals surface area (Å²) in [5.74, 6) is 2.31. The number of Topliss-reactive ketones (excluding diaryl/α,β-unsaturated/α-hetero) is 1. The van der Waals surface area contributed by atoms with Crippen molar-refractivity contribution in [1.29, 1.82) is 0 Å². The zero-order valence-corrected chi connectivity index (χ0v) is 12.1. The third-order valence-electron chi connectivity index (χ3n) is 4.24. The van der Waals surface area contributed by atoms with Crippen LogP contribution in [0.3, 0.4) is 0 Å². The van der Waals surface area contributed by atoms with Crippen LogP contribution in [-0.4, -0.2) is 5.78 Å². The molecule has 0 N–H and O–H groups in total. The largest absolute Gasteiger partial charge is 0.461 e. The Morgan fingerprint density at radius 1 is 0.864 bits per heavy atom. The molecule has 1 saturated carbocycles. The summed E-state index contributed by atoms with van der Waals surface area (Å²) in [6, 6.07) is 23.6. The molecule has 1 aromatic heterocycles. The Morgan fingerprint density at radius 2 is 1.55 bits per heavy atom. The van der Waals surface area contributed by atoms with Crippen LogP contribution in [0.15, 0.2) is 77.2 Å². The van der Waals surface area contributed by atoms with Crippen molar-refractivity contribution in [2.24, 2.45) is 5.92 Å². The molecule has 2 heteroatoms. The highest BCUT2D eigenvalue weighted by molar-refractivity contribution is 6.00. The minimum atomic E-state index is 0.0668. The highest BCUT2D eigenvalue weighted by Gasteiger charge is 2.46. The van der Waals surface area contributed by atoms with Crippen LogP contribution in [0, 0.1) is 5.92 Å².